The number of benzene rings is 1. The molecule has 0 heterocycles. The van der Waals surface area contributed by atoms with Gasteiger partial charge in [-0.3, -0.25) is 14.9 Å². The van der Waals surface area contributed by atoms with Gasteiger partial charge in [-0.25, -0.2) is 0 Å². The molecule has 0 unspecified atom stereocenters. The van der Waals surface area contributed by atoms with Crippen LogP contribution < -0.4 is 11.1 Å². The predicted octanol–water partition coefficient (Wildman–Crippen LogP) is 2.23. The first-order valence-corrected chi connectivity index (χ1v) is 7.67. The number of rotatable bonds is 9. The van der Waals surface area contributed by atoms with E-state index in [1.165, 1.54) is 12.1 Å². The first kappa shape index (κ1) is 18.9. The summed E-state index contributed by atoms with van der Waals surface area (Å²) in [5.74, 6) is 0.0945. The lowest BCUT2D eigenvalue weighted by molar-refractivity contribution is -0.384. The Morgan fingerprint density at radius 1 is 1.35 bits per heavy atom. The summed E-state index contributed by atoms with van der Waals surface area (Å²) in [7, 11) is 1.80. The summed E-state index contributed by atoms with van der Waals surface area (Å²) in [5, 5.41) is 13.7. The van der Waals surface area contributed by atoms with Crippen LogP contribution in [-0.2, 0) is 4.79 Å². The zero-order valence-corrected chi connectivity index (χ0v) is 14.0. The highest BCUT2D eigenvalue weighted by atomic mass is 16.6. The average Bonchev–Trinajstić information content (AvgIpc) is 2.51. The van der Waals surface area contributed by atoms with E-state index in [2.05, 4.69) is 5.32 Å². The van der Waals surface area contributed by atoms with Gasteiger partial charge in [0, 0.05) is 44.4 Å². The molecule has 0 fully saturated rings. The van der Waals surface area contributed by atoms with Crippen molar-refractivity contribution >= 4 is 17.3 Å². The van der Waals surface area contributed by atoms with E-state index in [4.69, 9.17) is 5.73 Å². The molecule has 0 aromatic heterocycles. The van der Waals surface area contributed by atoms with Crippen LogP contribution in [0.2, 0.25) is 0 Å². The third kappa shape index (κ3) is 6.65. The van der Waals surface area contributed by atoms with Gasteiger partial charge in [0.2, 0.25) is 5.91 Å². The first-order chi connectivity index (χ1) is 10.7. The summed E-state index contributed by atoms with van der Waals surface area (Å²) in [4.78, 5) is 23.9. The molecule has 0 spiro atoms. The van der Waals surface area contributed by atoms with E-state index in [-0.39, 0.29) is 17.0 Å². The number of carbonyl (C=O) groups excluding carboxylic acids is 1. The van der Waals surface area contributed by atoms with Crippen LogP contribution in [0.4, 0.5) is 11.4 Å². The second-order valence-electron chi connectivity index (χ2n) is 6.45. The molecule has 7 nitrogen and oxygen atoms in total. The monoisotopic (exact) mass is 322 g/mol. The molecule has 0 aliphatic carbocycles. The van der Waals surface area contributed by atoms with E-state index in [0.717, 1.165) is 5.69 Å². The van der Waals surface area contributed by atoms with Crippen molar-refractivity contribution in [3.63, 3.8) is 0 Å². The number of amides is 1. The highest BCUT2D eigenvalue weighted by molar-refractivity contribution is 5.75. The summed E-state index contributed by atoms with van der Waals surface area (Å²) in [5.41, 5.74) is 6.47. The molecule has 7 heteroatoms. The van der Waals surface area contributed by atoms with E-state index in [0.29, 0.717) is 32.5 Å². The highest BCUT2D eigenvalue weighted by Gasteiger charge is 2.20. The number of hydrogen-bond donors (Lipinski definition) is 2. The van der Waals surface area contributed by atoms with Gasteiger partial charge < -0.3 is 16.0 Å². The van der Waals surface area contributed by atoms with Crippen molar-refractivity contribution in [3.8, 4) is 0 Å². The third-order valence-corrected chi connectivity index (χ3v) is 3.62. The van der Waals surface area contributed by atoms with Gasteiger partial charge in [0.05, 0.1) is 4.92 Å². The summed E-state index contributed by atoms with van der Waals surface area (Å²) < 4.78 is 0. The van der Waals surface area contributed by atoms with Crippen molar-refractivity contribution in [2.24, 2.45) is 11.1 Å². The van der Waals surface area contributed by atoms with Gasteiger partial charge in [0.25, 0.3) is 5.69 Å². The topological polar surface area (TPSA) is 102 Å². The summed E-state index contributed by atoms with van der Waals surface area (Å²) in [6.45, 7) is 5.88. The molecule has 0 saturated carbocycles. The van der Waals surface area contributed by atoms with Gasteiger partial charge in [-0.05, 0) is 30.5 Å². The molecule has 0 bridgehead atoms. The molecule has 128 valence electrons. The van der Waals surface area contributed by atoms with Crippen LogP contribution >= 0.6 is 0 Å². The number of hydrogen-bond acceptors (Lipinski definition) is 5. The molecule has 1 aromatic carbocycles. The second kappa shape index (κ2) is 8.47. The van der Waals surface area contributed by atoms with E-state index >= 15 is 0 Å². The fourth-order valence-corrected chi connectivity index (χ4v) is 2.16. The van der Waals surface area contributed by atoms with Crippen molar-refractivity contribution < 1.29 is 9.72 Å². The Bertz CT molecular complexity index is 529. The van der Waals surface area contributed by atoms with Crippen molar-refractivity contribution in [2.45, 2.75) is 26.7 Å². The van der Waals surface area contributed by atoms with Crippen LogP contribution in [0, 0.1) is 15.5 Å². The average molecular weight is 322 g/mol. The fraction of sp³-hybridized carbons (Fsp3) is 0.562. The molecule has 1 rings (SSSR count). The molecule has 23 heavy (non-hydrogen) atoms. The number of nitrogens with two attached hydrogens (primary N) is 1. The molecule has 0 atom stereocenters. The van der Waals surface area contributed by atoms with E-state index in [9.17, 15) is 14.9 Å². The maximum absolute atomic E-state index is 12.0. The Kier molecular flexibility index (Phi) is 6.96. The molecule has 0 aliphatic heterocycles. The van der Waals surface area contributed by atoms with Crippen LogP contribution in [-0.4, -0.2) is 42.4 Å². The molecule has 0 aliphatic rings. The maximum atomic E-state index is 12.0. The van der Waals surface area contributed by atoms with E-state index in [1.807, 2.05) is 13.8 Å². The van der Waals surface area contributed by atoms with Crippen molar-refractivity contribution in [2.75, 3.05) is 32.0 Å². The van der Waals surface area contributed by atoms with Crippen molar-refractivity contribution in [1.29, 1.82) is 0 Å². The lowest BCUT2D eigenvalue weighted by atomic mass is 9.93. The van der Waals surface area contributed by atoms with Crippen LogP contribution in [0.1, 0.15) is 26.7 Å². The molecule has 3 N–H and O–H groups in total. The largest absolute Gasteiger partial charge is 0.385 e. The number of nitro benzene ring substituents is 1. The SMILES string of the molecule is CN(CC(C)(C)CN)C(=O)CCCNc1ccc([N+](=O)[O-])cc1. The standard InChI is InChI=1S/C16H26N4O3/c1-16(2,11-17)12-19(3)15(21)5-4-10-18-13-6-8-14(9-7-13)20(22)23/h6-9,18H,4-5,10-12,17H2,1-3H3. The molecule has 1 aromatic rings. The van der Waals surface area contributed by atoms with Crippen molar-refractivity contribution in [3.05, 3.63) is 34.4 Å². The zero-order chi connectivity index (χ0) is 17.5. The highest BCUT2D eigenvalue weighted by Crippen LogP contribution is 2.16. The van der Waals surface area contributed by atoms with Crippen molar-refractivity contribution in [1.82, 2.24) is 4.90 Å². The van der Waals surface area contributed by atoms with Crippen LogP contribution in [0.15, 0.2) is 24.3 Å². The normalized spacial score (nSPS) is 11.1. The van der Waals surface area contributed by atoms with Crippen LogP contribution in [0.3, 0.4) is 0 Å². The summed E-state index contributed by atoms with van der Waals surface area (Å²) in [6.07, 6.45) is 1.15. The maximum Gasteiger partial charge on any atom is 0.269 e. The minimum atomic E-state index is -0.429. The third-order valence-electron chi connectivity index (χ3n) is 3.62. The summed E-state index contributed by atoms with van der Waals surface area (Å²) >= 11 is 0. The molecule has 0 radical (unpaired) electrons. The molecular weight excluding hydrogens is 296 g/mol. The number of nitrogens with zero attached hydrogens (tertiary/aromatic N) is 2. The van der Waals surface area contributed by atoms with Gasteiger partial charge in [0.1, 0.15) is 0 Å². The quantitative estimate of drug-likeness (QED) is 0.412. The van der Waals surface area contributed by atoms with E-state index in [1.54, 1.807) is 24.1 Å². The van der Waals surface area contributed by atoms with Gasteiger partial charge in [-0.2, -0.15) is 0 Å². The minimum Gasteiger partial charge on any atom is -0.385 e. The van der Waals surface area contributed by atoms with Crippen LogP contribution in [0.25, 0.3) is 0 Å². The Morgan fingerprint density at radius 3 is 2.48 bits per heavy atom. The second-order valence-corrected chi connectivity index (χ2v) is 6.45. The Hall–Kier alpha value is -2.15. The van der Waals surface area contributed by atoms with Gasteiger partial charge in [-0.1, -0.05) is 13.8 Å². The minimum absolute atomic E-state index is 0.0647. The lowest BCUT2D eigenvalue weighted by Crippen LogP contribution is -2.39. The Balaban J connectivity index is 2.31. The zero-order valence-electron chi connectivity index (χ0n) is 14.0. The molecule has 1 amide bonds. The van der Waals surface area contributed by atoms with Gasteiger partial charge in [-0.15, -0.1) is 0 Å². The van der Waals surface area contributed by atoms with Gasteiger partial charge >= 0.3 is 0 Å². The lowest BCUT2D eigenvalue weighted by Gasteiger charge is -2.29. The fourth-order valence-electron chi connectivity index (χ4n) is 2.16. The van der Waals surface area contributed by atoms with E-state index < -0.39 is 4.92 Å². The predicted molar refractivity (Wildman–Crippen MR) is 91.3 cm³/mol. The van der Waals surface area contributed by atoms with Gasteiger partial charge in [0.15, 0.2) is 0 Å². The first-order valence-electron chi connectivity index (χ1n) is 7.67. The summed E-state index contributed by atoms with van der Waals surface area (Å²) in [6, 6.07) is 6.23. The number of nitrogens with one attached hydrogen (secondary N) is 1. The Labute approximate surface area is 137 Å². The number of non-ortho nitro benzene ring substituents is 1. The molecule has 0 saturated heterocycles. The number of anilines is 1. The molecular formula is C16H26N4O3. The number of carbonyl (C=O) groups is 1. The number of nitro groups is 1. The van der Waals surface area contributed by atoms with Crippen LogP contribution in [0.5, 0.6) is 0 Å². The smallest absolute Gasteiger partial charge is 0.269 e. The Morgan fingerprint density at radius 2 is 1.96 bits per heavy atom.